The first-order valence-electron chi connectivity index (χ1n) is 8.01. The van der Waals surface area contributed by atoms with Crippen LogP contribution in [0.25, 0.3) is 0 Å². The van der Waals surface area contributed by atoms with Crippen LogP contribution in [0, 0.1) is 0 Å². The van der Waals surface area contributed by atoms with Crippen LogP contribution in [-0.2, 0) is 11.2 Å². The summed E-state index contributed by atoms with van der Waals surface area (Å²) in [4.78, 5) is 26.8. The topological polar surface area (TPSA) is 58.6 Å². The Labute approximate surface area is 141 Å². The summed E-state index contributed by atoms with van der Waals surface area (Å²) in [6.07, 6.45) is 0.526. The van der Waals surface area contributed by atoms with Gasteiger partial charge in [0.2, 0.25) is 5.91 Å². The van der Waals surface area contributed by atoms with E-state index in [1.807, 2.05) is 31.2 Å². The van der Waals surface area contributed by atoms with Gasteiger partial charge in [-0.05, 0) is 42.8 Å². The summed E-state index contributed by atoms with van der Waals surface area (Å²) in [7, 11) is 1.59. The smallest absolute Gasteiger partial charge is 0.259 e. The lowest BCUT2D eigenvalue weighted by molar-refractivity contribution is -0.121. The lowest BCUT2D eigenvalue weighted by Crippen LogP contribution is -2.47. The number of benzene rings is 2. The Morgan fingerprint density at radius 2 is 1.88 bits per heavy atom. The van der Waals surface area contributed by atoms with Crippen molar-refractivity contribution in [2.45, 2.75) is 19.4 Å². The summed E-state index contributed by atoms with van der Waals surface area (Å²) >= 11 is 0. The fraction of sp³-hybridized carbons (Fsp3) is 0.263. The third-order valence-electron chi connectivity index (χ3n) is 4.16. The molecule has 0 saturated heterocycles. The van der Waals surface area contributed by atoms with Crippen LogP contribution in [0.4, 0.5) is 5.69 Å². The molecule has 1 heterocycles. The van der Waals surface area contributed by atoms with Gasteiger partial charge in [-0.25, -0.2) is 0 Å². The molecule has 0 unspecified atom stereocenters. The average molecular weight is 324 g/mol. The molecule has 0 saturated carbocycles. The Balaban J connectivity index is 1.94. The average Bonchev–Trinajstić information content (AvgIpc) is 3.01. The predicted octanol–water partition coefficient (Wildman–Crippen LogP) is 2.40. The van der Waals surface area contributed by atoms with Crippen molar-refractivity contribution in [1.29, 1.82) is 0 Å². The maximum Gasteiger partial charge on any atom is 0.259 e. The third kappa shape index (κ3) is 2.85. The van der Waals surface area contributed by atoms with Gasteiger partial charge in [0.05, 0.1) is 6.61 Å². The maximum atomic E-state index is 13.0. The Morgan fingerprint density at radius 3 is 2.54 bits per heavy atom. The van der Waals surface area contributed by atoms with Gasteiger partial charge >= 0.3 is 0 Å². The van der Waals surface area contributed by atoms with Crippen molar-refractivity contribution < 1.29 is 14.3 Å². The Kier molecular flexibility index (Phi) is 4.51. The molecule has 0 aromatic heterocycles. The van der Waals surface area contributed by atoms with Crippen molar-refractivity contribution in [2.75, 3.05) is 18.6 Å². The maximum absolute atomic E-state index is 13.0. The number of anilines is 1. The van der Waals surface area contributed by atoms with Gasteiger partial charge in [-0.15, -0.1) is 0 Å². The van der Waals surface area contributed by atoms with Gasteiger partial charge in [-0.2, -0.15) is 0 Å². The summed E-state index contributed by atoms with van der Waals surface area (Å²) in [6, 6.07) is 14.1. The van der Waals surface area contributed by atoms with Gasteiger partial charge in [0.15, 0.2) is 0 Å². The van der Waals surface area contributed by atoms with Crippen LogP contribution in [0.3, 0.4) is 0 Å². The van der Waals surface area contributed by atoms with E-state index in [0.717, 1.165) is 17.0 Å². The van der Waals surface area contributed by atoms with E-state index in [-0.39, 0.29) is 11.8 Å². The minimum Gasteiger partial charge on any atom is -0.494 e. The molecule has 0 aliphatic carbocycles. The monoisotopic (exact) mass is 324 g/mol. The molecule has 2 amide bonds. The number of hydrogen-bond acceptors (Lipinski definition) is 3. The van der Waals surface area contributed by atoms with Crippen molar-refractivity contribution in [3.05, 3.63) is 59.7 Å². The van der Waals surface area contributed by atoms with Gasteiger partial charge < -0.3 is 10.1 Å². The molecule has 1 N–H and O–H groups in total. The van der Waals surface area contributed by atoms with E-state index in [1.54, 1.807) is 36.2 Å². The van der Waals surface area contributed by atoms with Crippen LogP contribution in [0.5, 0.6) is 5.75 Å². The number of para-hydroxylation sites is 1. The van der Waals surface area contributed by atoms with Crippen molar-refractivity contribution in [3.63, 3.8) is 0 Å². The Morgan fingerprint density at radius 1 is 1.17 bits per heavy atom. The molecule has 24 heavy (non-hydrogen) atoms. The van der Waals surface area contributed by atoms with Crippen molar-refractivity contribution in [2.24, 2.45) is 0 Å². The quantitative estimate of drug-likeness (QED) is 0.939. The highest BCUT2D eigenvalue weighted by Crippen LogP contribution is 2.33. The molecule has 0 bridgehead atoms. The van der Waals surface area contributed by atoms with E-state index in [9.17, 15) is 9.59 Å². The number of fused-ring (bicyclic) bond motifs is 1. The van der Waals surface area contributed by atoms with Crippen LogP contribution < -0.4 is 15.0 Å². The number of ether oxygens (including phenoxy) is 1. The van der Waals surface area contributed by atoms with Crippen molar-refractivity contribution >= 4 is 17.5 Å². The van der Waals surface area contributed by atoms with Crippen LogP contribution >= 0.6 is 0 Å². The molecule has 2 aromatic carbocycles. The molecule has 0 fully saturated rings. The molecular formula is C19H20N2O3. The lowest BCUT2D eigenvalue weighted by Gasteiger charge is -2.24. The van der Waals surface area contributed by atoms with E-state index in [1.165, 1.54) is 0 Å². The zero-order chi connectivity index (χ0) is 17.1. The van der Waals surface area contributed by atoms with Crippen molar-refractivity contribution in [1.82, 2.24) is 5.32 Å². The molecule has 5 heteroatoms. The summed E-state index contributed by atoms with van der Waals surface area (Å²) in [5.41, 5.74) is 2.33. The predicted molar refractivity (Wildman–Crippen MR) is 92.4 cm³/mol. The molecule has 124 valence electrons. The first-order chi connectivity index (χ1) is 11.7. The van der Waals surface area contributed by atoms with Gasteiger partial charge in [0.1, 0.15) is 11.8 Å². The minimum absolute atomic E-state index is 0.162. The van der Waals surface area contributed by atoms with Gasteiger partial charge in [0, 0.05) is 24.7 Å². The largest absolute Gasteiger partial charge is 0.494 e. The van der Waals surface area contributed by atoms with E-state index in [0.29, 0.717) is 18.6 Å². The van der Waals surface area contributed by atoms with Gasteiger partial charge in [-0.1, -0.05) is 18.2 Å². The Hall–Kier alpha value is -2.82. The van der Waals surface area contributed by atoms with E-state index >= 15 is 0 Å². The fourth-order valence-electron chi connectivity index (χ4n) is 3.01. The first kappa shape index (κ1) is 16.1. The van der Waals surface area contributed by atoms with Crippen LogP contribution in [0.15, 0.2) is 48.5 Å². The SMILES string of the molecule is CCOc1ccc(C(=O)N2c3ccccc3C[C@H]2C(=O)NC)cc1. The zero-order valence-electron chi connectivity index (χ0n) is 13.8. The molecule has 5 nitrogen and oxygen atoms in total. The summed E-state index contributed by atoms with van der Waals surface area (Å²) in [6.45, 7) is 2.49. The van der Waals surface area contributed by atoms with Crippen LogP contribution in [0.2, 0.25) is 0 Å². The third-order valence-corrected chi connectivity index (χ3v) is 4.16. The molecule has 1 aliphatic heterocycles. The second kappa shape index (κ2) is 6.74. The number of rotatable bonds is 4. The molecule has 3 rings (SSSR count). The lowest BCUT2D eigenvalue weighted by atomic mass is 10.1. The van der Waals surface area contributed by atoms with Gasteiger partial charge in [-0.3, -0.25) is 14.5 Å². The number of likely N-dealkylation sites (N-methyl/N-ethyl adjacent to an activating group) is 1. The number of carbonyl (C=O) groups excluding carboxylic acids is 2. The van der Waals surface area contributed by atoms with E-state index in [4.69, 9.17) is 4.74 Å². The molecular weight excluding hydrogens is 304 g/mol. The fourth-order valence-corrected chi connectivity index (χ4v) is 3.01. The number of amides is 2. The Bertz CT molecular complexity index is 755. The number of carbonyl (C=O) groups is 2. The number of nitrogens with one attached hydrogen (secondary N) is 1. The highest BCUT2D eigenvalue weighted by Gasteiger charge is 2.38. The van der Waals surface area contributed by atoms with Gasteiger partial charge in [0.25, 0.3) is 5.91 Å². The minimum atomic E-state index is -0.522. The number of nitrogens with zero attached hydrogens (tertiary/aromatic N) is 1. The highest BCUT2D eigenvalue weighted by atomic mass is 16.5. The van der Waals surface area contributed by atoms with E-state index in [2.05, 4.69) is 5.32 Å². The second-order valence-electron chi connectivity index (χ2n) is 5.60. The van der Waals surface area contributed by atoms with E-state index < -0.39 is 6.04 Å². The molecule has 0 radical (unpaired) electrons. The summed E-state index contributed by atoms with van der Waals surface area (Å²) in [5, 5.41) is 2.65. The molecule has 1 aliphatic rings. The summed E-state index contributed by atoms with van der Waals surface area (Å²) < 4.78 is 5.41. The normalized spacial score (nSPS) is 15.8. The molecule has 0 spiro atoms. The first-order valence-corrected chi connectivity index (χ1v) is 8.01. The van der Waals surface area contributed by atoms with Crippen molar-refractivity contribution in [3.8, 4) is 5.75 Å². The molecule has 2 aromatic rings. The van der Waals surface area contributed by atoms with Crippen LogP contribution in [-0.4, -0.2) is 31.5 Å². The standard InChI is InChI=1S/C19H20N2O3/c1-3-24-15-10-8-13(9-11-15)19(23)21-16-7-5-4-6-14(16)12-17(21)18(22)20-2/h4-11,17H,3,12H2,1-2H3,(H,20,22)/t17-/m0/s1. The summed E-state index contributed by atoms with van der Waals surface area (Å²) in [5.74, 6) is 0.376. The van der Waals surface area contributed by atoms with Crippen LogP contribution in [0.1, 0.15) is 22.8 Å². The zero-order valence-corrected chi connectivity index (χ0v) is 13.8. The highest BCUT2D eigenvalue weighted by molar-refractivity contribution is 6.11. The number of hydrogen-bond donors (Lipinski definition) is 1. The molecule has 1 atom stereocenters. The second-order valence-corrected chi connectivity index (χ2v) is 5.60.